The third-order valence-electron chi connectivity index (χ3n) is 4.20. The van der Waals surface area contributed by atoms with Gasteiger partial charge in [-0.1, -0.05) is 40.6 Å². The Balaban J connectivity index is 1.59. The molecule has 0 aliphatic carbocycles. The summed E-state index contributed by atoms with van der Waals surface area (Å²) in [6.45, 7) is 0.370. The molecule has 1 saturated heterocycles. The minimum Gasteiger partial charge on any atom is -0.271 e. The molecule has 0 saturated carbocycles. The fourth-order valence-corrected chi connectivity index (χ4v) is 3.23. The number of anilines is 1. The number of carbonyl (C=O) groups excluding carboxylic acids is 2. The van der Waals surface area contributed by atoms with Crippen LogP contribution in [0.1, 0.15) is 5.56 Å². The van der Waals surface area contributed by atoms with Gasteiger partial charge in [-0.15, -0.1) is 0 Å². The van der Waals surface area contributed by atoms with E-state index in [2.05, 4.69) is 10.3 Å². The van der Waals surface area contributed by atoms with Gasteiger partial charge in [0.25, 0.3) is 11.8 Å². The van der Waals surface area contributed by atoms with Gasteiger partial charge in [-0.2, -0.15) is 5.11 Å². The van der Waals surface area contributed by atoms with Gasteiger partial charge in [0, 0.05) is 10.0 Å². The molecule has 0 N–H and O–H groups in total. The van der Waals surface area contributed by atoms with Gasteiger partial charge >= 0.3 is 0 Å². The largest absolute Gasteiger partial charge is 0.271 e. The van der Waals surface area contributed by atoms with Crippen molar-refractivity contribution in [3.8, 4) is 0 Å². The standard InChI is InChI=1S/C17H12Cl2N4O2/c18-11-3-1-10(2-4-11)9-22-15-14(20-21-22)16(24)23(17(15)25)13-7-5-12(19)6-8-13/h1-8,14-15H,9H2. The highest BCUT2D eigenvalue weighted by Crippen LogP contribution is 2.33. The van der Waals surface area contributed by atoms with Crippen molar-refractivity contribution in [1.29, 1.82) is 0 Å². The molecule has 2 aliphatic heterocycles. The Hall–Kier alpha value is -2.44. The molecule has 0 radical (unpaired) electrons. The molecular formula is C17H12Cl2N4O2. The van der Waals surface area contributed by atoms with Gasteiger partial charge < -0.3 is 0 Å². The SMILES string of the molecule is O=C1C2N=NN(Cc3ccc(Cl)cc3)C2C(=O)N1c1ccc(Cl)cc1. The van der Waals surface area contributed by atoms with E-state index in [1.807, 2.05) is 12.1 Å². The van der Waals surface area contributed by atoms with Gasteiger partial charge in [0.05, 0.1) is 12.2 Å². The molecule has 25 heavy (non-hydrogen) atoms. The van der Waals surface area contributed by atoms with Crippen LogP contribution in [0.5, 0.6) is 0 Å². The number of halogens is 2. The molecule has 4 rings (SSSR count). The van der Waals surface area contributed by atoms with Crippen LogP contribution in [-0.2, 0) is 16.1 Å². The van der Waals surface area contributed by atoms with Crippen molar-refractivity contribution in [3.05, 3.63) is 64.1 Å². The van der Waals surface area contributed by atoms with E-state index in [-0.39, 0.29) is 11.8 Å². The summed E-state index contributed by atoms with van der Waals surface area (Å²) in [6.07, 6.45) is 0. The highest BCUT2D eigenvalue weighted by molar-refractivity contribution is 6.31. The van der Waals surface area contributed by atoms with Crippen LogP contribution < -0.4 is 4.90 Å². The Kier molecular flexibility index (Phi) is 3.94. The Labute approximate surface area is 153 Å². The topological polar surface area (TPSA) is 65.3 Å². The first kappa shape index (κ1) is 16.1. The summed E-state index contributed by atoms with van der Waals surface area (Å²) in [5.74, 6) is -0.712. The van der Waals surface area contributed by atoms with Crippen LogP contribution in [-0.4, -0.2) is 28.9 Å². The number of benzene rings is 2. The second-order valence-electron chi connectivity index (χ2n) is 5.81. The Morgan fingerprint density at radius 2 is 1.48 bits per heavy atom. The number of rotatable bonds is 3. The van der Waals surface area contributed by atoms with E-state index in [0.29, 0.717) is 22.3 Å². The minimum atomic E-state index is -0.810. The third-order valence-corrected chi connectivity index (χ3v) is 4.70. The Morgan fingerprint density at radius 1 is 0.880 bits per heavy atom. The fraction of sp³-hybridized carbons (Fsp3) is 0.176. The van der Waals surface area contributed by atoms with E-state index >= 15 is 0 Å². The summed E-state index contributed by atoms with van der Waals surface area (Å²) in [6, 6.07) is 12.3. The summed E-state index contributed by atoms with van der Waals surface area (Å²) in [4.78, 5) is 26.6. The maximum Gasteiger partial charge on any atom is 0.263 e. The second-order valence-corrected chi connectivity index (χ2v) is 6.68. The number of imide groups is 1. The smallest absolute Gasteiger partial charge is 0.263 e. The lowest BCUT2D eigenvalue weighted by Gasteiger charge is -2.20. The van der Waals surface area contributed by atoms with Crippen molar-refractivity contribution in [3.63, 3.8) is 0 Å². The van der Waals surface area contributed by atoms with Crippen LogP contribution in [0.25, 0.3) is 0 Å². The summed E-state index contributed by atoms with van der Waals surface area (Å²) < 4.78 is 0. The number of amides is 2. The third kappa shape index (κ3) is 2.77. The van der Waals surface area contributed by atoms with E-state index in [4.69, 9.17) is 23.2 Å². The van der Waals surface area contributed by atoms with Gasteiger partial charge in [-0.25, -0.2) is 4.90 Å². The molecule has 126 valence electrons. The second kappa shape index (κ2) is 6.13. The quantitative estimate of drug-likeness (QED) is 0.772. The van der Waals surface area contributed by atoms with Crippen LogP contribution >= 0.6 is 23.2 Å². The van der Waals surface area contributed by atoms with Crippen LogP contribution in [0.4, 0.5) is 5.69 Å². The average molecular weight is 375 g/mol. The fourth-order valence-electron chi connectivity index (χ4n) is 2.98. The molecule has 2 atom stereocenters. The number of hydrogen-bond donors (Lipinski definition) is 0. The number of nitrogens with zero attached hydrogens (tertiary/aromatic N) is 4. The van der Waals surface area contributed by atoms with E-state index in [1.54, 1.807) is 41.4 Å². The van der Waals surface area contributed by atoms with Crippen molar-refractivity contribution >= 4 is 40.7 Å². The predicted molar refractivity (Wildman–Crippen MR) is 93.4 cm³/mol. The van der Waals surface area contributed by atoms with Crippen molar-refractivity contribution in [2.24, 2.45) is 10.3 Å². The molecule has 2 aromatic carbocycles. The molecule has 0 spiro atoms. The lowest BCUT2D eigenvalue weighted by molar-refractivity contribution is -0.123. The molecule has 2 aromatic rings. The molecule has 0 bridgehead atoms. The van der Waals surface area contributed by atoms with Gasteiger partial charge in [-0.05, 0) is 42.0 Å². The minimum absolute atomic E-state index is 0.337. The van der Waals surface area contributed by atoms with Crippen LogP contribution in [0, 0.1) is 0 Å². The van der Waals surface area contributed by atoms with E-state index in [0.717, 1.165) is 10.5 Å². The summed E-state index contributed by atoms with van der Waals surface area (Å²) in [5, 5.41) is 10.7. The van der Waals surface area contributed by atoms with Crippen molar-refractivity contribution in [2.75, 3.05) is 4.90 Å². The monoisotopic (exact) mass is 374 g/mol. The highest BCUT2D eigenvalue weighted by Gasteiger charge is 2.54. The average Bonchev–Trinajstić information content (AvgIpc) is 3.12. The van der Waals surface area contributed by atoms with Crippen LogP contribution in [0.2, 0.25) is 10.0 Å². The molecule has 2 heterocycles. The summed E-state index contributed by atoms with van der Waals surface area (Å²) in [7, 11) is 0. The first-order chi connectivity index (χ1) is 12.0. The highest BCUT2D eigenvalue weighted by atomic mass is 35.5. The van der Waals surface area contributed by atoms with Crippen molar-refractivity contribution in [1.82, 2.24) is 5.01 Å². The van der Waals surface area contributed by atoms with Gasteiger partial charge in [0.2, 0.25) is 0 Å². The maximum atomic E-state index is 12.8. The number of fused-ring (bicyclic) bond motifs is 1. The lowest BCUT2D eigenvalue weighted by atomic mass is 10.1. The molecule has 1 fully saturated rings. The van der Waals surface area contributed by atoms with Crippen LogP contribution in [0.3, 0.4) is 0 Å². The molecule has 2 unspecified atom stereocenters. The Bertz CT molecular complexity index is 867. The van der Waals surface area contributed by atoms with E-state index in [1.165, 1.54) is 0 Å². The molecule has 2 aliphatic rings. The molecule has 2 amide bonds. The number of carbonyl (C=O) groups is 2. The predicted octanol–water partition coefficient (Wildman–Crippen LogP) is 3.49. The molecule has 6 nitrogen and oxygen atoms in total. The van der Waals surface area contributed by atoms with Gasteiger partial charge in [-0.3, -0.25) is 14.6 Å². The van der Waals surface area contributed by atoms with Gasteiger partial charge in [0.1, 0.15) is 0 Å². The normalized spacial score (nSPS) is 22.0. The molecule has 0 aromatic heterocycles. The zero-order valence-electron chi connectivity index (χ0n) is 12.8. The van der Waals surface area contributed by atoms with Crippen molar-refractivity contribution in [2.45, 2.75) is 18.6 Å². The zero-order valence-corrected chi connectivity index (χ0v) is 14.4. The zero-order chi connectivity index (χ0) is 17.6. The summed E-state index contributed by atoms with van der Waals surface area (Å²) >= 11 is 11.8. The first-order valence-electron chi connectivity index (χ1n) is 7.60. The van der Waals surface area contributed by atoms with E-state index in [9.17, 15) is 9.59 Å². The van der Waals surface area contributed by atoms with Crippen molar-refractivity contribution < 1.29 is 9.59 Å². The van der Waals surface area contributed by atoms with E-state index < -0.39 is 12.1 Å². The summed E-state index contributed by atoms with van der Waals surface area (Å²) in [5.41, 5.74) is 1.41. The molecular weight excluding hydrogens is 363 g/mol. The van der Waals surface area contributed by atoms with Gasteiger partial charge in [0.15, 0.2) is 12.1 Å². The molecule has 8 heteroatoms. The number of hydrogen-bond acceptors (Lipinski definition) is 5. The first-order valence-corrected chi connectivity index (χ1v) is 8.35. The van der Waals surface area contributed by atoms with Crippen LogP contribution in [0.15, 0.2) is 58.9 Å². The lowest BCUT2D eigenvalue weighted by Crippen LogP contribution is -2.39. The Morgan fingerprint density at radius 3 is 2.12 bits per heavy atom. The maximum absolute atomic E-state index is 12.8.